The first kappa shape index (κ1) is 14.9. The molecule has 1 heterocycles. The first-order chi connectivity index (χ1) is 9.69. The third-order valence-corrected chi connectivity index (χ3v) is 3.55. The van der Waals surface area contributed by atoms with Gasteiger partial charge in [-0.15, -0.1) is 0 Å². The van der Waals surface area contributed by atoms with Gasteiger partial charge in [0.25, 0.3) is 0 Å². The highest BCUT2D eigenvalue weighted by Gasteiger charge is 2.16. The maximum Gasteiger partial charge on any atom is 0.220 e. The Morgan fingerprint density at radius 1 is 1.50 bits per heavy atom. The van der Waals surface area contributed by atoms with Gasteiger partial charge in [-0.05, 0) is 30.9 Å². The Hall–Kier alpha value is -1.46. The molecule has 2 rings (SSSR count). The molecular weight excluding hydrogens is 259 g/mol. The first-order valence-electron chi connectivity index (χ1n) is 7.04. The zero-order chi connectivity index (χ0) is 14.4. The van der Waals surface area contributed by atoms with Crippen LogP contribution in [0.15, 0.2) is 18.2 Å². The number of carbonyl (C=O) groups is 1. The van der Waals surface area contributed by atoms with Crippen LogP contribution in [-0.4, -0.2) is 18.6 Å². The number of rotatable bonds is 6. The van der Waals surface area contributed by atoms with Crippen molar-refractivity contribution in [2.24, 2.45) is 5.73 Å². The van der Waals surface area contributed by atoms with Gasteiger partial charge in [0.1, 0.15) is 5.82 Å². The molecule has 1 aromatic rings. The van der Waals surface area contributed by atoms with Crippen LogP contribution in [0.5, 0.6) is 0 Å². The summed E-state index contributed by atoms with van der Waals surface area (Å²) in [6, 6.07) is 4.85. The van der Waals surface area contributed by atoms with Crippen LogP contribution in [0.4, 0.5) is 4.39 Å². The normalized spacial score (nSPS) is 18.2. The van der Waals surface area contributed by atoms with E-state index in [2.05, 4.69) is 5.32 Å². The minimum Gasteiger partial charge on any atom is -0.378 e. The molecule has 1 atom stereocenters. The molecule has 1 saturated heterocycles. The lowest BCUT2D eigenvalue weighted by Crippen LogP contribution is -2.24. The van der Waals surface area contributed by atoms with E-state index in [1.165, 1.54) is 6.07 Å². The molecule has 4 nitrogen and oxygen atoms in total. The SMILES string of the molecule is NCc1ccc(CNC(=O)CCC2CCCO2)c(F)c1. The highest BCUT2D eigenvalue weighted by atomic mass is 19.1. The lowest BCUT2D eigenvalue weighted by Gasteiger charge is -2.10. The van der Waals surface area contributed by atoms with Gasteiger partial charge in [0.2, 0.25) is 5.91 Å². The van der Waals surface area contributed by atoms with Gasteiger partial charge in [0.15, 0.2) is 0 Å². The molecule has 20 heavy (non-hydrogen) atoms. The maximum atomic E-state index is 13.7. The van der Waals surface area contributed by atoms with Crippen molar-refractivity contribution in [2.45, 2.75) is 44.9 Å². The molecule has 1 aliphatic heterocycles. The van der Waals surface area contributed by atoms with Crippen LogP contribution in [0.3, 0.4) is 0 Å². The number of carbonyl (C=O) groups excluding carboxylic acids is 1. The number of halogens is 1. The second-order valence-corrected chi connectivity index (χ2v) is 5.08. The molecule has 0 saturated carbocycles. The molecule has 0 bridgehead atoms. The molecule has 110 valence electrons. The monoisotopic (exact) mass is 280 g/mol. The fraction of sp³-hybridized carbons (Fsp3) is 0.533. The van der Waals surface area contributed by atoms with Gasteiger partial charge in [0.05, 0.1) is 6.10 Å². The van der Waals surface area contributed by atoms with Gasteiger partial charge in [-0.3, -0.25) is 4.79 Å². The second kappa shape index (κ2) is 7.36. The fourth-order valence-corrected chi connectivity index (χ4v) is 2.31. The number of hydrogen-bond donors (Lipinski definition) is 2. The van der Waals surface area contributed by atoms with Gasteiger partial charge >= 0.3 is 0 Å². The van der Waals surface area contributed by atoms with Crippen molar-refractivity contribution in [1.82, 2.24) is 5.32 Å². The van der Waals surface area contributed by atoms with Crippen LogP contribution in [0.25, 0.3) is 0 Å². The van der Waals surface area contributed by atoms with Crippen molar-refractivity contribution in [2.75, 3.05) is 6.61 Å². The predicted octanol–water partition coefficient (Wildman–Crippen LogP) is 1.86. The smallest absolute Gasteiger partial charge is 0.220 e. The van der Waals surface area contributed by atoms with Crippen molar-refractivity contribution in [3.05, 3.63) is 35.1 Å². The molecule has 5 heteroatoms. The minimum absolute atomic E-state index is 0.0669. The Morgan fingerprint density at radius 3 is 3.00 bits per heavy atom. The number of benzene rings is 1. The summed E-state index contributed by atoms with van der Waals surface area (Å²) in [6.07, 6.45) is 3.47. The summed E-state index contributed by atoms with van der Waals surface area (Å²) in [5.41, 5.74) is 6.67. The van der Waals surface area contributed by atoms with Crippen LogP contribution >= 0.6 is 0 Å². The molecule has 0 spiro atoms. The van der Waals surface area contributed by atoms with Crippen LogP contribution in [0.1, 0.15) is 36.8 Å². The van der Waals surface area contributed by atoms with Crippen molar-refractivity contribution >= 4 is 5.91 Å². The van der Waals surface area contributed by atoms with E-state index in [0.717, 1.165) is 31.4 Å². The summed E-state index contributed by atoms with van der Waals surface area (Å²) in [4.78, 5) is 11.7. The Labute approximate surface area is 118 Å². The Balaban J connectivity index is 1.75. The third-order valence-electron chi connectivity index (χ3n) is 3.55. The average molecular weight is 280 g/mol. The lowest BCUT2D eigenvalue weighted by atomic mass is 10.1. The minimum atomic E-state index is -0.327. The van der Waals surface area contributed by atoms with E-state index in [-0.39, 0.29) is 24.4 Å². The highest BCUT2D eigenvalue weighted by molar-refractivity contribution is 5.75. The summed E-state index contributed by atoms with van der Waals surface area (Å²) >= 11 is 0. The Morgan fingerprint density at radius 2 is 2.35 bits per heavy atom. The van der Waals surface area contributed by atoms with Crippen molar-refractivity contribution in [3.8, 4) is 0 Å². The van der Waals surface area contributed by atoms with Crippen LogP contribution < -0.4 is 11.1 Å². The summed E-state index contributed by atoms with van der Waals surface area (Å²) < 4.78 is 19.2. The quantitative estimate of drug-likeness (QED) is 0.836. The van der Waals surface area contributed by atoms with E-state index in [1.807, 2.05) is 0 Å². The second-order valence-electron chi connectivity index (χ2n) is 5.08. The van der Waals surface area contributed by atoms with Crippen molar-refractivity contribution < 1.29 is 13.9 Å². The lowest BCUT2D eigenvalue weighted by molar-refractivity contribution is -0.121. The van der Waals surface area contributed by atoms with Crippen molar-refractivity contribution in [1.29, 1.82) is 0 Å². The zero-order valence-corrected chi connectivity index (χ0v) is 11.5. The van der Waals surface area contributed by atoms with Crippen LogP contribution in [-0.2, 0) is 22.6 Å². The highest BCUT2D eigenvalue weighted by Crippen LogP contribution is 2.16. The standard InChI is InChI=1S/C15H21FN2O2/c16-14-8-11(9-17)3-4-12(14)10-18-15(19)6-5-13-2-1-7-20-13/h3-4,8,13H,1-2,5-7,9-10,17H2,(H,18,19). The maximum absolute atomic E-state index is 13.7. The molecule has 0 aromatic heterocycles. The fourth-order valence-electron chi connectivity index (χ4n) is 2.31. The van der Waals surface area contributed by atoms with E-state index >= 15 is 0 Å². The largest absolute Gasteiger partial charge is 0.378 e. The Bertz CT molecular complexity index is 459. The summed E-state index contributed by atoms with van der Waals surface area (Å²) in [5.74, 6) is -0.393. The van der Waals surface area contributed by atoms with Gasteiger partial charge in [0, 0.05) is 31.7 Å². The van der Waals surface area contributed by atoms with Gasteiger partial charge < -0.3 is 15.8 Å². The number of nitrogens with two attached hydrogens (primary N) is 1. The van der Waals surface area contributed by atoms with Crippen LogP contribution in [0, 0.1) is 5.82 Å². The van der Waals surface area contributed by atoms with E-state index in [9.17, 15) is 9.18 Å². The number of nitrogens with one attached hydrogen (secondary N) is 1. The number of amides is 1. The molecule has 1 aromatic carbocycles. The Kier molecular flexibility index (Phi) is 5.49. The number of ether oxygens (including phenoxy) is 1. The molecule has 3 N–H and O–H groups in total. The summed E-state index contributed by atoms with van der Waals surface area (Å²) in [5, 5.41) is 2.74. The molecule has 1 aliphatic rings. The molecule has 1 fully saturated rings. The van der Waals surface area contributed by atoms with E-state index < -0.39 is 0 Å². The molecule has 1 amide bonds. The van der Waals surface area contributed by atoms with E-state index in [4.69, 9.17) is 10.5 Å². The van der Waals surface area contributed by atoms with E-state index in [0.29, 0.717) is 18.5 Å². The molecule has 1 unspecified atom stereocenters. The number of hydrogen-bond acceptors (Lipinski definition) is 3. The molecule has 0 aliphatic carbocycles. The zero-order valence-electron chi connectivity index (χ0n) is 11.5. The van der Waals surface area contributed by atoms with Gasteiger partial charge in [-0.2, -0.15) is 0 Å². The molecular formula is C15H21FN2O2. The summed E-state index contributed by atoms with van der Waals surface area (Å²) in [6.45, 7) is 1.32. The van der Waals surface area contributed by atoms with Gasteiger partial charge in [-0.25, -0.2) is 4.39 Å². The summed E-state index contributed by atoms with van der Waals surface area (Å²) in [7, 11) is 0. The molecule has 0 radical (unpaired) electrons. The first-order valence-corrected chi connectivity index (χ1v) is 7.04. The third kappa shape index (κ3) is 4.28. The van der Waals surface area contributed by atoms with Gasteiger partial charge in [-0.1, -0.05) is 12.1 Å². The van der Waals surface area contributed by atoms with Crippen LogP contribution in [0.2, 0.25) is 0 Å². The average Bonchev–Trinajstić information content (AvgIpc) is 2.97. The predicted molar refractivity (Wildman–Crippen MR) is 74.3 cm³/mol. The van der Waals surface area contributed by atoms with E-state index in [1.54, 1.807) is 12.1 Å². The van der Waals surface area contributed by atoms with Crippen molar-refractivity contribution in [3.63, 3.8) is 0 Å². The topological polar surface area (TPSA) is 64.3 Å².